The van der Waals surface area contributed by atoms with E-state index in [2.05, 4.69) is 0 Å². The van der Waals surface area contributed by atoms with E-state index in [0.717, 1.165) is 11.1 Å². The Balaban J connectivity index is 1.45. The molecule has 0 aromatic heterocycles. The molecule has 0 aliphatic carbocycles. The highest BCUT2D eigenvalue weighted by atomic mass is 35.5. The van der Waals surface area contributed by atoms with E-state index in [-0.39, 0.29) is 24.0 Å². The summed E-state index contributed by atoms with van der Waals surface area (Å²) in [5, 5.41) is 0.610. The maximum absolute atomic E-state index is 13.3. The minimum atomic E-state index is -0.701. The van der Waals surface area contributed by atoms with Crippen LogP contribution in [0.2, 0.25) is 5.02 Å². The molecular weight excluding hydrogens is 376 g/mol. The number of amides is 2. The van der Waals surface area contributed by atoms with Crippen molar-refractivity contribution < 1.29 is 14.3 Å². The van der Waals surface area contributed by atoms with Crippen LogP contribution in [-0.2, 0) is 9.53 Å². The molecule has 144 valence electrons. The second kappa shape index (κ2) is 6.33. The van der Waals surface area contributed by atoms with Gasteiger partial charge in [0.15, 0.2) is 5.72 Å². The van der Waals surface area contributed by atoms with Crippen molar-refractivity contribution in [2.24, 2.45) is 0 Å². The standard InChI is InChI=1S/C22H21ClN2O3/c1-14-11-16(23)7-8-17(14)21(27)24-10-9-22-19(24)12-20(26)25(22)13-18(28-22)15-5-3-2-4-6-15/h2-8,11,18-19H,9-10,12-13H2,1H3/t18-,19-,22+/m1/s1. The highest BCUT2D eigenvalue weighted by Gasteiger charge is 2.65. The number of hydrogen-bond donors (Lipinski definition) is 0. The Hall–Kier alpha value is -2.37. The lowest BCUT2D eigenvalue weighted by Crippen LogP contribution is -2.48. The van der Waals surface area contributed by atoms with Gasteiger partial charge < -0.3 is 14.5 Å². The van der Waals surface area contributed by atoms with Gasteiger partial charge >= 0.3 is 0 Å². The first-order valence-electron chi connectivity index (χ1n) is 9.60. The van der Waals surface area contributed by atoms with E-state index in [1.807, 2.05) is 47.1 Å². The topological polar surface area (TPSA) is 49.9 Å². The van der Waals surface area contributed by atoms with Crippen molar-refractivity contribution in [3.8, 4) is 0 Å². The van der Waals surface area contributed by atoms with E-state index < -0.39 is 5.72 Å². The van der Waals surface area contributed by atoms with Gasteiger partial charge in [0.25, 0.3) is 5.91 Å². The van der Waals surface area contributed by atoms with E-state index in [1.54, 1.807) is 18.2 Å². The van der Waals surface area contributed by atoms with Crippen molar-refractivity contribution in [3.63, 3.8) is 0 Å². The molecule has 3 saturated heterocycles. The summed E-state index contributed by atoms with van der Waals surface area (Å²) in [6.07, 6.45) is 0.811. The first kappa shape index (κ1) is 17.7. The van der Waals surface area contributed by atoms with E-state index in [4.69, 9.17) is 16.3 Å². The minimum Gasteiger partial charge on any atom is -0.343 e. The van der Waals surface area contributed by atoms with Crippen LogP contribution >= 0.6 is 11.6 Å². The molecule has 3 fully saturated rings. The zero-order valence-electron chi connectivity index (χ0n) is 15.6. The third-order valence-electron chi connectivity index (χ3n) is 6.28. The average Bonchev–Trinajstić information content (AvgIpc) is 3.31. The molecule has 3 heterocycles. The van der Waals surface area contributed by atoms with Gasteiger partial charge in [-0.15, -0.1) is 0 Å². The summed E-state index contributed by atoms with van der Waals surface area (Å²) in [4.78, 5) is 29.7. The van der Waals surface area contributed by atoms with Crippen LogP contribution in [0.3, 0.4) is 0 Å². The Morgan fingerprint density at radius 3 is 2.75 bits per heavy atom. The quantitative estimate of drug-likeness (QED) is 0.779. The summed E-state index contributed by atoms with van der Waals surface area (Å²) in [6.45, 7) is 3.01. The van der Waals surface area contributed by atoms with Gasteiger partial charge in [0.05, 0.1) is 19.0 Å². The van der Waals surface area contributed by atoms with E-state index in [1.165, 1.54) is 0 Å². The van der Waals surface area contributed by atoms with Crippen molar-refractivity contribution in [2.75, 3.05) is 13.1 Å². The zero-order chi connectivity index (χ0) is 19.5. The van der Waals surface area contributed by atoms with Crippen molar-refractivity contribution in [1.29, 1.82) is 0 Å². The van der Waals surface area contributed by atoms with Crippen LogP contribution in [0.4, 0.5) is 0 Å². The highest BCUT2D eigenvalue weighted by Crippen LogP contribution is 2.50. The van der Waals surface area contributed by atoms with Gasteiger partial charge in [-0.3, -0.25) is 9.59 Å². The van der Waals surface area contributed by atoms with Crippen LogP contribution < -0.4 is 0 Å². The van der Waals surface area contributed by atoms with E-state index in [9.17, 15) is 9.59 Å². The Labute approximate surface area is 168 Å². The molecule has 3 aliphatic heterocycles. The minimum absolute atomic E-state index is 0.0579. The SMILES string of the molecule is Cc1cc(Cl)ccc1C(=O)N1CC[C@@]23O[C@@H](c4ccccc4)CN2C(=O)C[C@@H]13. The van der Waals surface area contributed by atoms with Gasteiger partial charge in [-0.05, 0) is 36.2 Å². The fraction of sp³-hybridized carbons (Fsp3) is 0.364. The summed E-state index contributed by atoms with van der Waals surface area (Å²) in [6, 6.07) is 15.0. The molecule has 2 aromatic rings. The molecule has 3 atom stereocenters. The number of nitrogens with zero attached hydrogens (tertiary/aromatic N) is 2. The van der Waals surface area contributed by atoms with Crippen LogP contribution in [-0.4, -0.2) is 46.5 Å². The van der Waals surface area contributed by atoms with E-state index in [0.29, 0.717) is 36.5 Å². The Morgan fingerprint density at radius 1 is 1.21 bits per heavy atom. The lowest BCUT2D eigenvalue weighted by atomic mass is 10.0. The molecule has 2 aromatic carbocycles. The predicted octanol–water partition coefficient (Wildman–Crippen LogP) is 3.56. The molecule has 3 aliphatic rings. The van der Waals surface area contributed by atoms with Crippen LogP contribution in [0.15, 0.2) is 48.5 Å². The van der Waals surface area contributed by atoms with Gasteiger partial charge in [0, 0.05) is 23.6 Å². The molecule has 2 amide bonds. The maximum Gasteiger partial charge on any atom is 0.254 e. The van der Waals surface area contributed by atoms with Crippen LogP contribution in [0.25, 0.3) is 0 Å². The zero-order valence-corrected chi connectivity index (χ0v) is 16.4. The second-order valence-electron chi connectivity index (χ2n) is 7.79. The second-order valence-corrected chi connectivity index (χ2v) is 8.23. The highest BCUT2D eigenvalue weighted by molar-refractivity contribution is 6.30. The molecule has 28 heavy (non-hydrogen) atoms. The van der Waals surface area contributed by atoms with Crippen LogP contribution in [0, 0.1) is 6.92 Å². The van der Waals surface area contributed by atoms with Gasteiger partial charge in [-0.25, -0.2) is 0 Å². The number of aryl methyl sites for hydroxylation is 1. The molecule has 5 rings (SSSR count). The van der Waals surface area contributed by atoms with Crippen molar-refractivity contribution in [3.05, 3.63) is 70.2 Å². The molecule has 0 bridgehead atoms. The fourth-order valence-corrected chi connectivity index (χ4v) is 5.16. The average molecular weight is 397 g/mol. The van der Waals surface area contributed by atoms with Gasteiger partial charge in [0.2, 0.25) is 5.91 Å². The number of rotatable bonds is 2. The number of likely N-dealkylation sites (tertiary alicyclic amines) is 1. The summed E-state index contributed by atoms with van der Waals surface area (Å²) in [5.74, 6) is 0.00575. The molecule has 0 saturated carbocycles. The summed E-state index contributed by atoms with van der Waals surface area (Å²) in [5.41, 5.74) is 1.84. The summed E-state index contributed by atoms with van der Waals surface area (Å²) >= 11 is 6.04. The maximum atomic E-state index is 13.3. The summed E-state index contributed by atoms with van der Waals surface area (Å²) in [7, 11) is 0. The Morgan fingerprint density at radius 2 is 2.00 bits per heavy atom. The molecule has 0 N–H and O–H groups in total. The third kappa shape index (κ3) is 2.50. The monoisotopic (exact) mass is 396 g/mol. The number of hydrogen-bond acceptors (Lipinski definition) is 3. The largest absolute Gasteiger partial charge is 0.343 e. The molecule has 6 heteroatoms. The molecular formula is C22H21ClN2O3. The first-order chi connectivity index (χ1) is 13.5. The molecule has 0 radical (unpaired) electrons. The normalized spacial score (nSPS) is 28.6. The first-order valence-corrected chi connectivity index (χ1v) is 9.98. The summed E-state index contributed by atoms with van der Waals surface area (Å²) < 4.78 is 6.51. The lowest BCUT2D eigenvalue weighted by Gasteiger charge is -2.32. The molecule has 1 spiro atoms. The van der Waals surface area contributed by atoms with Gasteiger partial charge in [0.1, 0.15) is 6.10 Å². The number of halogens is 1. The Bertz CT molecular complexity index is 964. The van der Waals surface area contributed by atoms with E-state index >= 15 is 0 Å². The van der Waals surface area contributed by atoms with Gasteiger partial charge in [-0.1, -0.05) is 41.9 Å². The van der Waals surface area contributed by atoms with Crippen molar-refractivity contribution >= 4 is 23.4 Å². The Kier molecular flexibility index (Phi) is 4.00. The third-order valence-corrected chi connectivity index (χ3v) is 6.51. The van der Waals surface area contributed by atoms with Gasteiger partial charge in [-0.2, -0.15) is 0 Å². The predicted molar refractivity (Wildman–Crippen MR) is 105 cm³/mol. The number of carbonyl (C=O) groups is 2. The van der Waals surface area contributed by atoms with Crippen LogP contribution in [0.5, 0.6) is 0 Å². The molecule has 5 nitrogen and oxygen atoms in total. The lowest BCUT2D eigenvalue weighted by molar-refractivity contribution is -0.138. The van der Waals surface area contributed by atoms with Crippen molar-refractivity contribution in [1.82, 2.24) is 9.80 Å². The molecule has 0 unspecified atom stereocenters. The number of ether oxygens (including phenoxy) is 1. The smallest absolute Gasteiger partial charge is 0.254 e. The van der Waals surface area contributed by atoms with Crippen molar-refractivity contribution in [2.45, 2.75) is 37.6 Å². The number of carbonyl (C=O) groups excluding carboxylic acids is 2. The fourth-order valence-electron chi connectivity index (χ4n) is 4.93. The van der Waals surface area contributed by atoms with Crippen LogP contribution in [0.1, 0.15) is 40.4 Å². The number of benzene rings is 2.